The van der Waals surface area contributed by atoms with Gasteiger partial charge in [-0.25, -0.2) is 0 Å². The molecule has 0 amide bonds. The molecule has 1 atom stereocenters. The van der Waals surface area contributed by atoms with Crippen LogP contribution in [0.1, 0.15) is 20.3 Å². The number of nitrogens with zero attached hydrogens (tertiary/aromatic N) is 1. The monoisotopic (exact) mass is 160 g/mol. The first-order valence-corrected chi connectivity index (χ1v) is 3.98. The van der Waals surface area contributed by atoms with E-state index in [0.29, 0.717) is 6.04 Å². The lowest BCUT2D eigenvalue weighted by atomic mass is 10.2. The summed E-state index contributed by atoms with van der Waals surface area (Å²) in [6.07, 6.45) is 1.12. The van der Waals surface area contributed by atoms with E-state index in [1.807, 2.05) is 14.1 Å². The van der Waals surface area contributed by atoms with Crippen LogP contribution in [0, 0.1) is 0 Å². The fourth-order valence-corrected chi connectivity index (χ4v) is 0.830. The summed E-state index contributed by atoms with van der Waals surface area (Å²) in [5.74, 6) is 0. The van der Waals surface area contributed by atoms with E-state index >= 15 is 0 Å². The highest BCUT2D eigenvalue weighted by molar-refractivity contribution is 7.80. The maximum atomic E-state index is 5.04. The second kappa shape index (κ2) is 4.50. The predicted molar refractivity (Wildman–Crippen MR) is 49.2 cm³/mol. The maximum Gasteiger partial charge on any atom is 0.168 e. The Kier molecular flexibility index (Phi) is 4.36. The van der Waals surface area contributed by atoms with E-state index in [1.54, 1.807) is 0 Å². The standard InChI is InChI=1S/C7H16N2S/c1-5-6(2)9(4)7(10)8-3/h6H,5H2,1-4H3,(H,8,10). The van der Waals surface area contributed by atoms with Crippen LogP contribution in [0.4, 0.5) is 0 Å². The van der Waals surface area contributed by atoms with Crippen LogP contribution in [0.2, 0.25) is 0 Å². The quantitative estimate of drug-likeness (QED) is 0.611. The molecule has 0 bridgehead atoms. The van der Waals surface area contributed by atoms with Crippen molar-refractivity contribution in [2.75, 3.05) is 14.1 Å². The van der Waals surface area contributed by atoms with Gasteiger partial charge in [-0.05, 0) is 25.6 Å². The van der Waals surface area contributed by atoms with Crippen LogP contribution in [-0.2, 0) is 0 Å². The minimum Gasteiger partial charge on any atom is -0.366 e. The lowest BCUT2D eigenvalue weighted by molar-refractivity contribution is 0.378. The molecule has 0 fully saturated rings. The SMILES string of the molecule is CCC(C)N(C)C(=S)NC. The third-order valence-electron chi connectivity index (χ3n) is 1.79. The number of hydrogen-bond donors (Lipinski definition) is 1. The summed E-state index contributed by atoms with van der Waals surface area (Å²) in [4.78, 5) is 2.06. The van der Waals surface area contributed by atoms with Gasteiger partial charge in [0.15, 0.2) is 5.11 Å². The average Bonchev–Trinajstić information content (AvgIpc) is 2.00. The van der Waals surface area contributed by atoms with Crippen LogP contribution in [-0.4, -0.2) is 30.1 Å². The molecular formula is C7H16N2S. The normalized spacial score (nSPS) is 12.4. The van der Waals surface area contributed by atoms with Crippen LogP contribution in [0.25, 0.3) is 0 Å². The molecule has 0 aromatic heterocycles. The van der Waals surface area contributed by atoms with Gasteiger partial charge in [0.2, 0.25) is 0 Å². The molecule has 0 aliphatic rings. The van der Waals surface area contributed by atoms with Crippen LogP contribution < -0.4 is 5.32 Å². The van der Waals surface area contributed by atoms with E-state index < -0.39 is 0 Å². The fourth-order valence-electron chi connectivity index (χ4n) is 0.650. The Balaban J connectivity index is 3.81. The first kappa shape index (κ1) is 9.69. The number of nitrogens with one attached hydrogen (secondary N) is 1. The van der Waals surface area contributed by atoms with Gasteiger partial charge in [0.05, 0.1) is 0 Å². The fraction of sp³-hybridized carbons (Fsp3) is 0.857. The van der Waals surface area contributed by atoms with E-state index in [2.05, 4.69) is 24.1 Å². The van der Waals surface area contributed by atoms with Crippen LogP contribution in [0.5, 0.6) is 0 Å². The summed E-state index contributed by atoms with van der Waals surface area (Å²) in [6.45, 7) is 4.31. The Labute approximate surface area is 68.6 Å². The van der Waals surface area contributed by atoms with Crippen molar-refractivity contribution in [2.45, 2.75) is 26.3 Å². The van der Waals surface area contributed by atoms with Crippen molar-refractivity contribution in [1.29, 1.82) is 0 Å². The highest BCUT2D eigenvalue weighted by Crippen LogP contribution is 1.99. The minimum absolute atomic E-state index is 0.528. The van der Waals surface area contributed by atoms with E-state index in [-0.39, 0.29) is 0 Å². The zero-order valence-electron chi connectivity index (χ0n) is 7.14. The summed E-state index contributed by atoms with van der Waals surface area (Å²) in [7, 11) is 3.86. The van der Waals surface area contributed by atoms with Gasteiger partial charge in [0, 0.05) is 20.1 Å². The highest BCUT2D eigenvalue weighted by atomic mass is 32.1. The third kappa shape index (κ3) is 2.52. The largest absolute Gasteiger partial charge is 0.366 e. The second-order valence-corrected chi connectivity index (χ2v) is 2.81. The topological polar surface area (TPSA) is 15.3 Å². The van der Waals surface area contributed by atoms with Gasteiger partial charge in [-0.2, -0.15) is 0 Å². The lowest BCUT2D eigenvalue weighted by Gasteiger charge is -2.25. The minimum atomic E-state index is 0.528. The summed E-state index contributed by atoms with van der Waals surface area (Å²) in [5.41, 5.74) is 0. The smallest absolute Gasteiger partial charge is 0.168 e. The molecule has 0 radical (unpaired) electrons. The van der Waals surface area contributed by atoms with Crippen molar-refractivity contribution in [3.8, 4) is 0 Å². The molecule has 0 aliphatic heterocycles. The molecule has 0 heterocycles. The van der Waals surface area contributed by atoms with Crippen molar-refractivity contribution in [1.82, 2.24) is 10.2 Å². The molecule has 0 aromatic rings. The third-order valence-corrected chi connectivity index (χ3v) is 2.28. The van der Waals surface area contributed by atoms with Gasteiger partial charge in [-0.3, -0.25) is 0 Å². The molecular weight excluding hydrogens is 144 g/mol. The Morgan fingerprint density at radius 2 is 2.20 bits per heavy atom. The molecule has 3 heteroatoms. The van der Waals surface area contributed by atoms with E-state index in [4.69, 9.17) is 12.2 Å². The van der Waals surface area contributed by atoms with Gasteiger partial charge in [0.25, 0.3) is 0 Å². The Bertz CT molecular complexity index is 114. The molecule has 10 heavy (non-hydrogen) atoms. The molecule has 0 saturated heterocycles. The van der Waals surface area contributed by atoms with Gasteiger partial charge in [-0.1, -0.05) is 6.92 Å². The molecule has 0 rings (SSSR count). The zero-order chi connectivity index (χ0) is 8.15. The van der Waals surface area contributed by atoms with Crippen molar-refractivity contribution in [3.05, 3.63) is 0 Å². The van der Waals surface area contributed by atoms with Crippen LogP contribution in [0.3, 0.4) is 0 Å². The van der Waals surface area contributed by atoms with Crippen molar-refractivity contribution >= 4 is 17.3 Å². The molecule has 1 unspecified atom stereocenters. The second-order valence-electron chi connectivity index (χ2n) is 2.42. The average molecular weight is 160 g/mol. The summed E-state index contributed by atoms with van der Waals surface area (Å²) < 4.78 is 0. The number of hydrogen-bond acceptors (Lipinski definition) is 1. The molecule has 1 N–H and O–H groups in total. The molecule has 0 aliphatic carbocycles. The summed E-state index contributed by atoms with van der Waals surface area (Å²) in [6, 6.07) is 0.528. The van der Waals surface area contributed by atoms with Crippen molar-refractivity contribution < 1.29 is 0 Å². The van der Waals surface area contributed by atoms with Gasteiger partial charge in [-0.15, -0.1) is 0 Å². The molecule has 2 nitrogen and oxygen atoms in total. The van der Waals surface area contributed by atoms with Gasteiger partial charge in [0.1, 0.15) is 0 Å². The Morgan fingerprint density at radius 3 is 2.50 bits per heavy atom. The van der Waals surface area contributed by atoms with Gasteiger partial charge < -0.3 is 10.2 Å². The predicted octanol–water partition coefficient (Wildman–Crippen LogP) is 1.22. The van der Waals surface area contributed by atoms with Crippen LogP contribution >= 0.6 is 12.2 Å². The van der Waals surface area contributed by atoms with E-state index in [0.717, 1.165) is 11.5 Å². The first-order valence-electron chi connectivity index (χ1n) is 3.58. The van der Waals surface area contributed by atoms with E-state index in [1.165, 1.54) is 0 Å². The van der Waals surface area contributed by atoms with Crippen molar-refractivity contribution in [2.24, 2.45) is 0 Å². The maximum absolute atomic E-state index is 5.04. The highest BCUT2D eigenvalue weighted by Gasteiger charge is 2.07. The molecule has 0 saturated carbocycles. The van der Waals surface area contributed by atoms with Gasteiger partial charge >= 0.3 is 0 Å². The number of thiocarbonyl (C=S) groups is 1. The molecule has 0 spiro atoms. The van der Waals surface area contributed by atoms with Crippen LogP contribution in [0.15, 0.2) is 0 Å². The van der Waals surface area contributed by atoms with E-state index in [9.17, 15) is 0 Å². The lowest BCUT2D eigenvalue weighted by Crippen LogP contribution is -2.40. The van der Waals surface area contributed by atoms with Crippen molar-refractivity contribution in [3.63, 3.8) is 0 Å². The number of rotatable bonds is 2. The summed E-state index contributed by atoms with van der Waals surface area (Å²) >= 11 is 5.04. The molecule has 60 valence electrons. The summed E-state index contributed by atoms with van der Waals surface area (Å²) in [5, 5.41) is 3.75. The first-order chi connectivity index (χ1) is 4.63. The Morgan fingerprint density at radius 1 is 1.70 bits per heavy atom. The molecule has 0 aromatic carbocycles. The zero-order valence-corrected chi connectivity index (χ0v) is 7.96. The Hall–Kier alpha value is -0.310.